The van der Waals surface area contributed by atoms with Crippen LogP contribution in [-0.4, -0.2) is 102 Å². The van der Waals surface area contributed by atoms with E-state index in [1.807, 2.05) is 13.0 Å². The van der Waals surface area contributed by atoms with Crippen LogP contribution in [0.4, 0.5) is 5.82 Å². The lowest BCUT2D eigenvalue weighted by Crippen LogP contribution is -2.54. The lowest BCUT2D eigenvalue weighted by molar-refractivity contribution is 0.0726. The number of halogens is 2. The first-order valence-electron chi connectivity index (χ1n) is 14.4. The van der Waals surface area contributed by atoms with Gasteiger partial charge in [-0.05, 0) is 55.8 Å². The summed E-state index contributed by atoms with van der Waals surface area (Å²) >= 11 is 12.6. The number of anilines is 1. The van der Waals surface area contributed by atoms with Gasteiger partial charge in [-0.25, -0.2) is 23.1 Å². The summed E-state index contributed by atoms with van der Waals surface area (Å²) in [6, 6.07) is 7.19. The minimum absolute atomic E-state index is 0.157. The summed E-state index contributed by atoms with van der Waals surface area (Å²) in [5.41, 5.74) is 2.05. The molecule has 5 heterocycles. The number of aromatic nitrogens is 4. The molecule has 14 heteroatoms. The van der Waals surface area contributed by atoms with Crippen molar-refractivity contribution >= 4 is 50.2 Å². The van der Waals surface area contributed by atoms with E-state index in [2.05, 4.69) is 26.0 Å². The normalized spacial score (nSPS) is 21.8. The second-order valence-corrected chi connectivity index (χ2v) is 14.3. The third-order valence-corrected chi connectivity index (χ3v) is 11.2. The van der Waals surface area contributed by atoms with Crippen LogP contribution in [0.5, 0.6) is 0 Å². The average Bonchev–Trinajstić information content (AvgIpc) is 3.34. The van der Waals surface area contributed by atoms with E-state index in [1.165, 1.54) is 0 Å². The van der Waals surface area contributed by atoms with E-state index < -0.39 is 10.0 Å². The standard InChI is InChI=1S/C28H34Cl2N8O3S/c1-19(23-5-4-22(29)13-24(23)30)38-28-27(25(14-31)34-38)32-15-26(33-28)36-17-21(18-36)20-3-2-6-35(16-20)9-12-42(39,40)37-7-10-41-11-8-37/h4-5,13,15,19-21H,2-3,6-12,16-18H2,1H3/t19?,20-/m0/s1. The predicted octanol–water partition coefficient (Wildman–Crippen LogP) is 3.42. The highest BCUT2D eigenvalue weighted by Crippen LogP contribution is 2.35. The SMILES string of the molecule is CC(c1ccc(Cl)cc1Cl)n1nc(C#N)c2ncc(N3CC([C@H]4CCCN(CCS(=O)(=O)N5CCOCC5)C4)C3)nc21. The van der Waals surface area contributed by atoms with Crippen LogP contribution in [-0.2, 0) is 14.8 Å². The van der Waals surface area contributed by atoms with E-state index in [-0.39, 0.29) is 17.5 Å². The van der Waals surface area contributed by atoms with Crippen molar-refractivity contribution in [3.05, 3.63) is 45.7 Å². The van der Waals surface area contributed by atoms with Gasteiger partial charge in [-0.1, -0.05) is 29.3 Å². The first-order valence-corrected chi connectivity index (χ1v) is 16.7. The average molecular weight is 634 g/mol. The van der Waals surface area contributed by atoms with Crippen LogP contribution in [0.25, 0.3) is 11.2 Å². The number of hydrogen-bond donors (Lipinski definition) is 0. The van der Waals surface area contributed by atoms with E-state index in [4.69, 9.17) is 32.9 Å². The number of ether oxygens (including phenoxy) is 1. The van der Waals surface area contributed by atoms with Gasteiger partial charge in [0.2, 0.25) is 10.0 Å². The number of nitriles is 1. The largest absolute Gasteiger partial charge is 0.379 e. The molecule has 42 heavy (non-hydrogen) atoms. The van der Waals surface area contributed by atoms with E-state index in [9.17, 15) is 13.7 Å². The Kier molecular flexibility index (Phi) is 8.60. The number of morpholine rings is 1. The van der Waals surface area contributed by atoms with Gasteiger partial charge in [0.15, 0.2) is 11.3 Å². The Morgan fingerprint density at radius 2 is 1.93 bits per heavy atom. The maximum atomic E-state index is 12.8. The number of nitrogens with zero attached hydrogens (tertiary/aromatic N) is 8. The van der Waals surface area contributed by atoms with Crippen molar-refractivity contribution in [1.82, 2.24) is 29.0 Å². The van der Waals surface area contributed by atoms with Crippen molar-refractivity contribution in [2.75, 3.05) is 69.7 Å². The number of fused-ring (bicyclic) bond motifs is 1. The van der Waals surface area contributed by atoms with Crippen molar-refractivity contribution in [3.8, 4) is 6.07 Å². The first kappa shape index (κ1) is 29.5. The number of benzene rings is 1. The summed E-state index contributed by atoms with van der Waals surface area (Å²) in [7, 11) is -3.26. The van der Waals surface area contributed by atoms with Crippen molar-refractivity contribution in [2.24, 2.45) is 11.8 Å². The zero-order valence-electron chi connectivity index (χ0n) is 23.5. The maximum Gasteiger partial charge on any atom is 0.215 e. The summed E-state index contributed by atoms with van der Waals surface area (Å²) in [6.07, 6.45) is 3.94. The number of hydrogen-bond acceptors (Lipinski definition) is 9. The Bertz CT molecular complexity index is 1600. The van der Waals surface area contributed by atoms with Crippen LogP contribution in [0.3, 0.4) is 0 Å². The highest BCUT2D eigenvalue weighted by Gasteiger charge is 2.37. The van der Waals surface area contributed by atoms with Gasteiger partial charge in [-0.3, -0.25) is 0 Å². The van der Waals surface area contributed by atoms with Crippen molar-refractivity contribution in [3.63, 3.8) is 0 Å². The molecule has 1 aromatic carbocycles. The summed E-state index contributed by atoms with van der Waals surface area (Å²) < 4.78 is 34.2. The maximum absolute atomic E-state index is 12.8. The topological polar surface area (TPSA) is 120 Å². The van der Waals surface area contributed by atoms with Crippen LogP contribution < -0.4 is 4.90 Å². The molecule has 224 valence electrons. The fraction of sp³-hybridized carbons (Fsp3) is 0.571. The van der Waals surface area contributed by atoms with E-state index in [1.54, 1.807) is 27.3 Å². The fourth-order valence-electron chi connectivity index (χ4n) is 6.24. The smallest absolute Gasteiger partial charge is 0.215 e. The Morgan fingerprint density at radius 1 is 1.14 bits per heavy atom. The van der Waals surface area contributed by atoms with E-state index in [0.29, 0.717) is 65.9 Å². The van der Waals surface area contributed by atoms with E-state index in [0.717, 1.165) is 50.4 Å². The summed E-state index contributed by atoms with van der Waals surface area (Å²) in [5, 5.41) is 15.3. The molecule has 3 aliphatic rings. The molecule has 0 N–H and O–H groups in total. The number of rotatable bonds is 8. The minimum Gasteiger partial charge on any atom is -0.379 e. The third-order valence-electron chi connectivity index (χ3n) is 8.75. The van der Waals surface area contributed by atoms with Gasteiger partial charge in [-0.15, -0.1) is 0 Å². The Hall–Kier alpha value is -2.53. The van der Waals surface area contributed by atoms with Crippen molar-refractivity contribution < 1.29 is 13.2 Å². The number of sulfonamides is 1. The molecule has 2 atom stereocenters. The predicted molar refractivity (Wildman–Crippen MR) is 161 cm³/mol. The molecule has 1 unspecified atom stereocenters. The monoisotopic (exact) mass is 632 g/mol. The van der Waals surface area contributed by atoms with Crippen LogP contribution in [0, 0.1) is 23.2 Å². The lowest BCUT2D eigenvalue weighted by atomic mass is 9.80. The molecule has 3 saturated heterocycles. The Morgan fingerprint density at radius 3 is 2.67 bits per heavy atom. The molecule has 6 rings (SSSR count). The Balaban J connectivity index is 1.11. The molecule has 0 spiro atoms. The van der Waals surface area contributed by atoms with Crippen LogP contribution in [0.2, 0.25) is 10.0 Å². The van der Waals surface area contributed by atoms with Crippen LogP contribution in [0.15, 0.2) is 24.4 Å². The molecule has 11 nitrogen and oxygen atoms in total. The van der Waals surface area contributed by atoms with Gasteiger partial charge in [-0.2, -0.15) is 14.7 Å². The van der Waals surface area contributed by atoms with Crippen LogP contribution in [0.1, 0.15) is 37.1 Å². The zero-order valence-corrected chi connectivity index (χ0v) is 25.8. The zero-order chi connectivity index (χ0) is 29.4. The van der Waals surface area contributed by atoms with Gasteiger partial charge in [0.25, 0.3) is 0 Å². The molecule has 0 aliphatic carbocycles. The highest BCUT2D eigenvalue weighted by atomic mass is 35.5. The van der Waals surface area contributed by atoms with Crippen molar-refractivity contribution in [2.45, 2.75) is 25.8 Å². The third kappa shape index (κ3) is 5.96. The minimum atomic E-state index is -3.26. The van der Waals surface area contributed by atoms with E-state index >= 15 is 0 Å². The summed E-state index contributed by atoms with van der Waals surface area (Å²) in [6.45, 7) is 7.94. The van der Waals surface area contributed by atoms with Gasteiger partial charge < -0.3 is 14.5 Å². The molecule has 0 bridgehead atoms. The number of piperidine rings is 1. The van der Waals surface area contributed by atoms with Gasteiger partial charge in [0.1, 0.15) is 17.4 Å². The summed E-state index contributed by atoms with van der Waals surface area (Å²) in [5.74, 6) is 1.93. The van der Waals surface area contributed by atoms with Crippen LogP contribution >= 0.6 is 23.2 Å². The Labute approximate surface area is 256 Å². The first-order chi connectivity index (χ1) is 20.2. The fourth-order valence-corrected chi connectivity index (χ4v) is 8.26. The molecular weight excluding hydrogens is 599 g/mol. The molecule has 3 aliphatic heterocycles. The lowest BCUT2D eigenvalue weighted by Gasteiger charge is -2.47. The molecule has 3 fully saturated rings. The van der Waals surface area contributed by atoms with Gasteiger partial charge >= 0.3 is 0 Å². The molecule has 0 saturated carbocycles. The molecule has 3 aromatic rings. The second kappa shape index (κ2) is 12.2. The van der Waals surface area contributed by atoms with Crippen molar-refractivity contribution in [1.29, 1.82) is 5.26 Å². The van der Waals surface area contributed by atoms with Gasteiger partial charge in [0.05, 0.1) is 31.2 Å². The second-order valence-electron chi connectivity index (χ2n) is 11.3. The molecule has 0 amide bonds. The number of likely N-dealkylation sites (tertiary alicyclic amines) is 1. The molecule has 2 aromatic heterocycles. The quantitative estimate of drug-likeness (QED) is 0.368. The molecule has 0 radical (unpaired) electrons. The molecular formula is C28H34Cl2N8O3S. The van der Waals surface area contributed by atoms with Gasteiger partial charge in [0, 0.05) is 49.3 Å². The highest BCUT2D eigenvalue weighted by molar-refractivity contribution is 7.89. The summed E-state index contributed by atoms with van der Waals surface area (Å²) in [4.78, 5) is 14.0.